The Labute approximate surface area is 138 Å². The van der Waals surface area contributed by atoms with Crippen LogP contribution in [0, 0.1) is 13.8 Å². The molecule has 1 amide bonds. The molecule has 1 aromatic heterocycles. The molecule has 2 heterocycles. The number of rotatable bonds is 3. The van der Waals surface area contributed by atoms with Gasteiger partial charge in [-0.25, -0.2) is 0 Å². The molecule has 23 heavy (non-hydrogen) atoms. The van der Waals surface area contributed by atoms with Crippen molar-refractivity contribution in [2.75, 3.05) is 26.2 Å². The zero-order valence-electron chi connectivity index (χ0n) is 14.6. The molecule has 0 bridgehead atoms. The molecular weight excluding hydrogens is 290 g/mol. The predicted molar refractivity (Wildman–Crippen MR) is 90.7 cm³/mol. The van der Waals surface area contributed by atoms with Gasteiger partial charge < -0.3 is 14.6 Å². The lowest BCUT2D eigenvalue weighted by Gasteiger charge is -2.39. The van der Waals surface area contributed by atoms with E-state index in [0.717, 1.165) is 68.9 Å². The van der Waals surface area contributed by atoms with E-state index in [4.69, 9.17) is 0 Å². The molecule has 1 aromatic rings. The minimum absolute atomic E-state index is 0.157. The molecule has 2 atom stereocenters. The van der Waals surface area contributed by atoms with Crippen molar-refractivity contribution in [2.45, 2.75) is 58.7 Å². The second kappa shape index (κ2) is 6.65. The lowest BCUT2D eigenvalue weighted by molar-refractivity contribution is 0.0315. The summed E-state index contributed by atoms with van der Waals surface area (Å²) in [6.45, 7) is 10.4. The van der Waals surface area contributed by atoms with Gasteiger partial charge >= 0.3 is 0 Å². The summed E-state index contributed by atoms with van der Waals surface area (Å²) in [6, 6.07) is 2.33. The number of amides is 1. The number of hydrogen-bond donors (Lipinski definition) is 1. The van der Waals surface area contributed by atoms with Crippen LogP contribution >= 0.6 is 0 Å². The molecule has 0 radical (unpaired) electrons. The van der Waals surface area contributed by atoms with Gasteiger partial charge in [0.15, 0.2) is 0 Å². The third-order valence-corrected chi connectivity index (χ3v) is 5.63. The van der Waals surface area contributed by atoms with Gasteiger partial charge in [0.25, 0.3) is 5.91 Å². The summed E-state index contributed by atoms with van der Waals surface area (Å²) < 4.78 is 2.19. The predicted octanol–water partition coefficient (Wildman–Crippen LogP) is 1.80. The SMILES string of the molecule is CCn1c(C)cc(C(=O)N2CCN([C@H]3CCC[C@H]3O)CC2)c1C. The summed E-state index contributed by atoms with van der Waals surface area (Å²) in [5.41, 5.74) is 3.07. The van der Waals surface area contributed by atoms with Crippen molar-refractivity contribution in [1.82, 2.24) is 14.4 Å². The molecule has 1 saturated heterocycles. The van der Waals surface area contributed by atoms with Crippen molar-refractivity contribution >= 4 is 5.91 Å². The second-order valence-electron chi connectivity index (χ2n) is 6.92. The molecule has 128 valence electrons. The summed E-state index contributed by atoms with van der Waals surface area (Å²) in [6.07, 6.45) is 2.95. The zero-order valence-corrected chi connectivity index (χ0v) is 14.6. The molecule has 1 N–H and O–H groups in total. The van der Waals surface area contributed by atoms with Gasteiger partial charge in [-0.05, 0) is 46.1 Å². The van der Waals surface area contributed by atoms with Crippen LogP contribution in [-0.4, -0.2) is 63.7 Å². The van der Waals surface area contributed by atoms with Crippen LogP contribution in [-0.2, 0) is 6.54 Å². The molecule has 1 saturated carbocycles. The van der Waals surface area contributed by atoms with Crippen molar-refractivity contribution < 1.29 is 9.90 Å². The monoisotopic (exact) mass is 319 g/mol. The highest BCUT2D eigenvalue weighted by atomic mass is 16.3. The van der Waals surface area contributed by atoms with Gasteiger partial charge in [0.2, 0.25) is 0 Å². The molecule has 5 nitrogen and oxygen atoms in total. The van der Waals surface area contributed by atoms with Gasteiger partial charge in [-0.15, -0.1) is 0 Å². The number of aromatic nitrogens is 1. The normalized spacial score (nSPS) is 26.0. The maximum Gasteiger partial charge on any atom is 0.255 e. The van der Waals surface area contributed by atoms with E-state index in [1.165, 1.54) is 0 Å². The van der Waals surface area contributed by atoms with E-state index in [1.807, 2.05) is 17.9 Å². The highest BCUT2D eigenvalue weighted by Crippen LogP contribution is 2.25. The van der Waals surface area contributed by atoms with Crippen LogP contribution in [0.1, 0.15) is 47.9 Å². The summed E-state index contributed by atoms with van der Waals surface area (Å²) in [7, 11) is 0. The van der Waals surface area contributed by atoms with Crippen LogP contribution < -0.4 is 0 Å². The van der Waals surface area contributed by atoms with Crippen molar-refractivity contribution in [1.29, 1.82) is 0 Å². The molecule has 1 aliphatic carbocycles. The molecule has 0 aromatic carbocycles. The van der Waals surface area contributed by atoms with E-state index in [9.17, 15) is 9.90 Å². The quantitative estimate of drug-likeness (QED) is 0.924. The minimum Gasteiger partial charge on any atom is -0.391 e. The number of piperazine rings is 1. The summed E-state index contributed by atoms with van der Waals surface area (Å²) >= 11 is 0. The molecule has 1 aliphatic heterocycles. The van der Waals surface area contributed by atoms with Crippen LogP contribution in [0.5, 0.6) is 0 Å². The fourth-order valence-electron chi connectivity index (χ4n) is 4.28. The van der Waals surface area contributed by atoms with Crippen molar-refractivity contribution in [3.63, 3.8) is 0 Å². The molecule has 2 aliphatic rings. The van der Waals surface area contributed by atoms with Gasteiger partial charge in [-0.1, -0.05) is 0 Å². The largest absolute Gasteiger partial charge is 0.391 e. The Morgan fingerprint density at radius 3 is 2.43 bits per heavy atom. The van der Waals surface area contributed by atoms with Gasteiger partial charge in [0.1, 0.15) is 0 Å². The molecular formula is C18H29N3O2. The van der Waals surface area contributed by atoms with E-state index in [0.29, 0.717) is 6.04 Å². The zero-order chi connectivity index (χ0) is 16.6. The third kappa shape index (κ3) is 3.04. The topological polar surface area (TPSA) is 48.7 Å². The Balaban J connectivity index is 1.64. The Morgan fingerprint density at radius 2 is 1.91 bits per heavy atom. The number of aryl methyl sites for hydroxylation is 1. The first kappa shape index (κ1) is 16.5. The molecule has 0 spiro atoms. The highest BCUT2D eigenvalue weighted by Gasteiger charge is 2.33. The highest BCUT2D eigenvalue weighted by molar-refractivity contribution is 5.95. The first-order valence-corrected chi connectivity index (χ1v) is 8.91. The van der Waals surface area contributed by atoms with E-state index >= 15 is 0 Å². The van der Waals surface area contributed by atoms with Crippen LogP contribution in [0.2, 0.25) is 0 Å². The number of hydrogen-bond acceptors (Lipinski definition) is 3. The van der Waals surface area contributed by atoms with Crippen LogP contribution in [0.15, 0.2) is 6.07 Å². The minimum atomic E-state index is -0.180. The van der Waals surface area contributed by atoms with Crippen LogP contribution in [0.25, 0.3) is 0 Å². The van der Waals surface area contributed by atoms with Crippen LogP contribution in [0.4, 0.5) is 0 Å². The van der Waals surface area contributed by atoms with Gasteiger partial charge in [-0.2, -0.15) is 0 Å². The Hall–Kier alpha value is -1.33. The summed E-state index contributed by atoms with van der Waals surface area (Å²) in [4.78, 5) is 17.2. The fraction of sp³-hybridized carbons (Fsp3) is 0.722. The van der Waals surface area contributed by atoms with Crippen LogP contribution in [0.3, 0.4) is 0 Å². The standard InChI is InChI=1S/C18H29N3O2/c1-4-21-13(2)12-15(14(21)3)18(23)20-10-8-19(9-11-20)16-6-5-7-17(16)22/h12,16-17,22H,4-11H2,1-3H3/t16-,17+/m0/s1. The van der Waals surface area contributed by atoms with E-state index in [1.54, 1.807) is 0 Å². The average Bonchev–Trinajstić information content (AvgIpc) is 3.10. The van der Waals surface area contributed by atoms with E-state index in [-0.39, 0.29) is 12.0 Å². The van der Waals surface area contributed by atoms with E-state index < -0.39 is 0 Å². The number of carbonyl (C=O) groups is 1. The lowest BCUT2D eigenvalue weighted by atomic mass is 10.1. The molecule has 0 unspecified atom stereocenters. The van der Waals surface area contributed by atoms with Crippen molar-refractivity contribution in [3.8, 4) is 0 Å². The Kier molecular flexibility index (Phi) is 4.78. The van der Waals surface area contributed by atoms with Crippen molar-refractivity contribution in [3.05, 3.63) is 23.0 Å². The first-order chi connectivity index (χ1) is 11.0. The average molecular weight is 319 g/mol. The molecule has 3 rings (SSSR count). The molecule has 2 fully saturated rings. The number of aliphatic hydroxyl groups excluding tert-OH is 1. The fourth-order valence-corrected chi connectivity index (χ4v) is 4.28. The number of nitrogens with zero attached hydrogens (tertiary/aromatic N) is 3. The smallest absolute Gasteiger partial charge is 0.255 e. The van der Waals surface area contributed by atoms with Gasteiger partial charge in [-0.3, -0.25) is 9.69 Å². The maximum absolute atomic E-state index is 12.8. The second-order valence-corrected chi connectivity index (χ2v) is 6.92. The Bertz CT molecular complexity index is 573. The molecule has 5 heteroatoms. The number of carbonyl (C=O) groups excluding carboxylic acids is 1. The van der Waals surface area contributed by atoms with Crippen molar-refractivity contribution in [2.24, 2.45) is 0 Å². The number of aliphatic hydroxyl groups is 1. The first-order valence-electron chi connectivity index (χ1n) is 8.91. The summed E-state index contributed by atoms with van der Waals surface area (Å²) in [5.74, 6) is 0.157. The third-order valence-electron chi connectivity index (χ3n) is 5.63. The summed E-state index contributed by atoms with van der Waals surface area (Å²) in [5, 5.41) is 10.1. The Morgan fingerprint density at radius 1 is 1.22 bits per heavy atom. The van der Waals surface area contributed by atoms with Gasteiger partial charge in [0, 0.05) is 50.2 Å². The van der Waals surface area contributed by atoms with E-state index in [2.05, 4.69) is 23.3 Å². The lowest BCUT2D eigenvalue weighted by Crippen LogP contribution is -2.53. The maximum atomic E-state index is 12.8. The van der Waals surface area contributed by atoms with Gasteiger partial charge in [0.05, 0.1) is 11.7 Å².